The molecule has 4 aliphatic rings. The summed E-state index contributed by atoms with van der Waals surface area (Å²) in [5.41, 5.74) is 3.49. The van der Waals surface area contributed by atoms with Crippen molar-refractivity contribution in [1.29, 1.82) is 0 Å². The lowest BCUT2D eigenvalue weighted by Crippen LogP contribution is -2.49. The lowest BCUT2D eigenvalue weighted by molar-refractivity contribution is -0.00783. The topological polar surface area (TPSA) is 56.0 Å². The maximum Gasteiger partial charge on any atom is 0.257 e. The minimum absolute atomic E-state index is 0.00459. The number of hydrogen-bond acceptors (Lipinski definition) is 3. The Bertz CT molecular complexity index is 1180. The van der Waals surface area contributed by atoms with E-state index in [-0.39, 0.29) is 11.3 Å². The molecule has 4 saturated carbocycles. The van der Waals surface area contributed by atoms with Crippen molar-refractivity contribution in [3.05, 3.63) is 64.7 Å². The Balaban J connectivity index is 1.38. The predicted octanol–water partition coefficient (Wildman–Crippen LogP) is 5.48. The van der Waals surface area contributed by atoms with Gasteiger partial charge in [-0.1, -0.05) is 29.8 Å². The Labute approximate surface area is 205 Å². The summed E-state index contributed by atoms with van der Waals surface area (Å²) >= 11 is 6.41. The van der Waals surface area contributed by atoms with E-state index in [0.29, 0.717) is 11.6 Å². The number of benzene rings is 1. The molecule has 1 aromatic carbocycles. The van der Waals surface area contributed by atoms with E-state index in [4.69, 9.17) is 16.7 Å². The van der Waals surface area contributed by atoms with Crippen LogP contribution in [-0.2, 0) is 18.5 Å². The summed E-state index contributed by atoms with van der Waals surface area (Å²) < 4.78 is 3.72. The lowest BCUT2D eigenvalue weighted by atomic mass is 9.48. The van der Waals surface area contributed by atoms with E-state index in [1.54, 1.807) is 4.90 Å². The third-order valence-corrected chi connectivity index (χ3v) is 8.67. The van der Waals surface area contributed by atoms with E-state index >= 15 is 0 Å². The molecule has 34 heavy (non-hydrogen) atoms. The van der Waals surface area contributed by atoms with Crippen LogP contribution in [0.4, 0.5) is 0 Å². The highest BCUT2D eigenvalue weighted by Gasteiger charge is 2.54. The molecule has 0 radical (unpaired) electrons. The number of halogens is 1. The van der Waals surface area contributed by atoms with Gasteiger partial charge in [0.2, 0.25) is 0 Å². The second-order valence-corrected chi connectivity index (χ2v) is 11.2. The van der Waals surface area contributed by atoms with E-state index in [1.165, 1.54) is 38.5 Å². The molecule has 1 amide bonds. The zero-order valence-electron chi connectivity index (χ0n) is 20.0. The van der Waals surface area contributed by atoms with Crippen LogP contribution < -0.4 is 0 Å². The number of aromatic nitrogens is 4. The monoisotopic (exact) mass is 477 g/mol. The summed E-state index contributed by atoms with van der Waals surface area (Å²) in [6.07, 6.45) is 11.4. The molecule has 2 heterocycles. The minimum atomic E-state index is -0.00459. The van der Waals surface area contributed by atoms with Crippen molar-refractivity contribution in [2.45, 2.75) is 64.0 Å². The highest BCUT2D eigenvalue weighted by molar-refractivity contribution is 6.31. The first-order valence-corrected chi connectivity index (χ1v) is 12.9. The average Bonchev–Trinajstić information content (AvgIpc) is 3.43. The first kappa shape index (κ1) is 21.9. The smallest absolute Gasteiger partial charge is 0.257 e. The fourth-order valence-corrected chi connectivity index (χ4v) is 7.45. The van der Waals surface area contributed by atoms with Crippen LogP contribution in [0, 0.1) is 17.8 Å². The van der Waals surface area contributed by atoms with Gasteiger partial charge in [0.1, 0.15) is 5.69 Å². The Morgan fingerprint density at radius 2 is 1.71 bits per heavy atom. The van der Waals surface area contributed by atoms with Gasteiger partial charge in [-0.15, -0.1) is 0 Å². The van der Waals surface area contributed by atoms with Gasteiger partial charge in [0, 0.05) is 31.4 Å². The molecular formula is C27H32ClN5O. The minimum Gasteiger partial charge on any atom is -0.336 e. The van der Waals surface area contributed by atoms with Crippen molar-refractivity contribution in [2.24, 2.45) is 17.8 Å². The summed E-state index contributed by atoms with van der Waals surface area (Å²) in [5.74, 6) is 2.34. The molecule has 178 valence electrons. The molecule has 7 rings (SSSR count). The van der Waals surface area contributed by atoms with Gasteiger partial charge in [0.25, 0.3) is 5.91 Å². The fraction of sp³-hybridized carbons (Fsp3) is 0.519. The van der Waals surface area contributed by atoms with E-state index in [1.807, 2.05) is 66.1 Å². The van der Waals surface area contributed by atoms with E-state index in [9.17, 15) is 4.79 Å². The molecule has 0 spiro atoms. The first-order chi connectivity index (χ1) is 16.4. The molecule has 2 aromatic heterocycles. The molecule has 0 aliphatic heterocycles. The van der Waals surface area contributed by atoms with Gasteiger partial charge in [-0.3, -0.25) is 9.48 Å². The zero-order valence-corrected chi connectivity index (χ0v) is 20.7. The van der Waals surface area contributed by atoms with Gasteiger partial charge < -0.3 is 4.90 Å². The van der Waals surface area contributed by atoms with Gasteiger partial charge >= 0.3 is 0 Å². The number of rotatable bonds is 6. The maximum atomic E-state index is 13.9. The third-order valence-electron chi connectivity index (χ3n) is 8.35. The van der Waals surface area contributed by atoms with Crippen molar-refractivity contribution in [1.82, 2.24) is 24.5 Å². The van der Waals surface area contributed by atoms with E-state index < -0.39 is 0 Å². The summed E-state index contributed by atoms with van der Waals surface area (Å²) in [6, 6.07) is 10.1. The van der Waals surface area contributed by atoms with Crippen LogP contribution in [0.1, 0.15) is 67.2 Å². The molecule has 0 N–H and O–H groups in total. The molecular weight excluding hydrogens is 446 g/mol. The van der Waals surface area contributed by atoms with Crippen LogP contribution in [0.3, 0.4) is 0 Å². The van der Waals surface area contributed by atoms with Gasteiger partial charge in [0.15, 0.2) is 0 Å². The summed E-state index contributed by atoms with van der Waals surface area (Å²) in [6.45, 7) is 3.15. The standard InChI is InChI=1S/C27H32ClN5O/c1-3-32-16-23(28)24(29-32)17-31(2)26(34)22-15-33(21-7-5-4-6-8-21)30-25(22)27-12-18-9-19(13-27)11-20(10-18)14-27/h4-8,15-16,18-20H,3,9-14,17H2,1-2H3. The Morgan fingerprint density at radius 3 is 2.29 bits per heavy atom. The van der Waals surface area contributed by atoms with Crippen molar-refractivity contribution in [2.75, 3.05) is 7.05 Å². The number of carbonyl (C=O) groups is 1. The number of carbonyl (C=O) groups excluding carboxylic acids is 1. The van der Waals surface area contributed by atoms with Crippen molar-refractivity contribution in [3.63, 3.8) is 0 Å². The van der Waals surface area contributed by atoms with Gasteiger partial charge in [0.05, 0.1) is 28.5 Å². The molecule has 3 aromatic rings. The van der Waals surface area contributed by atoms with Crippen molar-refractivity contribution >= 4 is 17.5 Å². The number of para-hydroxylation sites is 1. The molecule has 7 heteroatoms. The van der Waals surface area contributed by atoms with Crippen LogP contribution in [0.15, 0.2) is 42.7 Å². The normalized spacial score (nSPS) is 27.3. The second-order valence-electron chi connectivity index (χ2n) is 10.8. The first-order valence-electron chi connectivity index (χ1n) is 12.6. The largest absolute Gasteiger partial charge is 0.336 e. The van der Waals surface area contributed by atoms with Crippen molar-refractivity contribution < 1.29 is 4.79 Å². The van der Waals surface area contributed by atoms with Crippen molar-refractivity contribution in [3.8, 4) is 5.69 Å². The summed E-state index contributed by atoms with van der Waals surface area (Å²) in [4.78, 5) is 15.6. The maximum absolute atomic E-state index is 13.9. The lowest BCUT2D eigenvalue weighted by Gasteiger charge is -2.56. The van der Waals surface area contributed by atoms with Crippen LogP contribution in [-0.4, -0.2) is 37.4 Å². The van der Waals surface area contributed by atoms with Crippen LogP contribution in [0.5, 0.6) is 0 Å². The van der Waals surface area contributed by atoms with E-state index in [0.717, 1.165) is 46.9 Å². The molecule has 0 unspecified atom stereocenters. The molecule has 6 nitrogen and oxygen atoms in total. The second kappa shape index (κ2) is 8.26. The van der Waals surface area contributed by atoms with Gasteiger partial charge in [-0.25, -0.2) is 4.68 Å². The zero-order chi connectivity index (χ0) is 23.4. The number of nitrogens with zero attached hydrogens (tertiary/aromatic N) is 5. The Morgan fingerprint density at radius 1 is 1.06 bits per heavy atom. The average molecular weight is 478 g/mol. The molecule has 4 bridgehead atoms. The summed E-state index contributed by atoms with van der Waals surface area (Å²) in [7, 11) is 1.84. The summed E-state index contributed by atoms with van der Waals surface area (Å²) in [5, 5.41) is 10.3. The quantitative estimate of drug-likeness (QED) is 0.472. The van der Waals surface area contributed by atoms with Crippen LogP contribution in [0.2, 0.25) is 5.02 Å². The number of hydrogen-bond donors (Lipinski definition) is 0. The van der Waals surface area contributed by atoms with E-state index in [2.05, 4.69) is 5.10 Å². The van der Waals surface area contributed by atoms with Gasteiger partial charge in [-0.05, 0) is 75.3 Å². The highest BCUT2D eigenvalue weighted by Crippen LogP contribution is 2.61. The van der Waals surface area contributed by atoms with Crippen LogP contribution >= 0.6 is 11.6 Å². The third kappa shape index (κ3) is 3.67. The molecule has 0 saturated heterocycles. The number of amides is 1. The number of aryl methyl sites for hydroxylation is 1. The van der Waals surface area contributed by atoms with Crippen LogP contribution in [0.25, 0.3) is 5.69 Å². The highest BCUT2D eigenvalue weighted by atomic mass is 35.5. The molecule has 4 fully saturated rings. The van der Waals surface area contributed by atoms with Gasteiger partial charge in [-0.2, -0.15) is 10.2 Å². The molecule has 4 aliphatic carbocycles. The Hall–Kier alpha value is -2.60. The molecule has 0 atom stereocenters. The predicted molar refractivity (Wildman–Crippen MR) is 132 cm³/mol. The SMILES string of the molecule is CCn1cc(Cl)c(CN(C)C(=O)c2cn(-c3ccccc3)nc2C23CC4CC(CC(C4)C2)C3)n1. The Kier molecular flexibility index (Phi) is 5.32. The fourth-order valence-electron chi connectivity index (χ4n) is 7.24.